The summed E-state index contributed by atoms with van der Waals surface area (Å²) in [6, 6.07) is 20.8. The molecule has 206 valence electrons. The van der Waals surface area contributed by atoms with Gasteiger partial charge >= 0.3 is 0 Å². The fourth-order valence-electron chi connectivity index (χ4n) is 5.59. The number of para-hydroxylation sites is 1. The molecular weight excluding hydrogens is 498 g/mol. The average Bonchev–Trinajstić information content (AvgIpc) is 3.39. The Bertz CT molecular complexity index is 1560. The molecule has 3 aromatic heterocycles. The smallest absolute Gasteiger partial charge is 0.225 e. The molecule has 0 bridgehead atoms. The van der Waals surface area contributed by atoms with Crippen LogP contribution in [0.15, 0.2) is 73.1 Å². The number of benzene rings is 2. The molecule has 1 aliphatic carbocycles. The number of ether oxygens (including phenoxy) is 1. The lowest BCUT2D eigenvalue weighted by atomic mass is 9.86. The van der Waals surface area contributed by atoms with Gasteiger partial charge in [-0.3, -0.25) is 0 Å². The molecule has 0 aliphatic heterocycles. The second-order valence-corrected chi connectivity index (χ2v) is 10.9. The number of pyridine rings is 1. The highest BCUT2D eigenvalue weighted by Crippen LogP contribution is 2.29. The Morgan fingerprint density at radius 1 is 0.950 bits per heavy atom. The number of rotatable bonds is 10. The van der Waals surface area contributed by atoms with Crippen LogP contribution in [0, 0.1) is 5.92 Å². The molecule has 0 unspecified atom stereocenters. The number of aromatic nitrogens is 4. The molecule has 6 rings (SSSR count). The summed E-state index contributed by atoms with van der Waals surface area (Å²) in [6.45, 7) is 2.34. The van der Waals surface area contributed by atoms with Crippen molar-refractivity contribution < 1.29 is 4.74 Å². The second kappa shape index (κ2) is 11.9. The number of H-pyrrole nitrogens is 1. The zero-order valence-corrected chi connectivity index (χ0v) is 23.2. The van der Waals surface area contributed by atoms with Crippen LogP contribution in [0.2, 0.25) is 0 Å². The van der Waals surface area contributed by atoms with Gasteiger partial charge in [0.25, 0.3) is 0 Å². The number of aromatic amines is 1. The molecule has 0 saturated heterocycles. The number of nitrogens with one attached hydrogen (secondary N) is 3. The van der Waals surface area contributed by atoms with Crippen molar-refractivity contribution in [1.29, 1.82) is 0 Å². The first-order valence-electron chi connectivity index (χ1n) is 14.2. The highest BCUT2D eigenvalue weighted by Gasteiger charge is 2.22. The maximum Gasteiger partial charge on any atom is 0.225 e. The highest BCUT2D eigenvalue weighted by atomic mass is 16.5. The molecular formula is C32H37N7O. The largest absolute Gasteiger partial charge is 0.473 e. The van der Waals surface area contributed by atoms with Crippen LogP contribution < -0.4 is 20.3 Å². The molecule has 0 spiro atoms. The van der Waals surface area contributed by atoms with Crippen molar-refractivity contribution in [2.24, 2.45) is 5.92 Å². The van der Waals surface area contributed by atoms with E-state index in [1.54, 1.807) is 0 Å². The molecule has 8 heteroatoms. The second-order valence-electron chi connectivity index (χ2n) is 10.9. The maximum absolute atomic E-state index is 5.95. The van der Waals surface area contributed by atoms with Gasteiger partial charge in [0.15, 0.2) is 0 Å². The van der Waals surface area contributed by atoms with Crippen molar-refractivity contribution in [2.75, 3.05) is 30.9 Å². The molecule has 0 radical (unpaired) electrons. The highest BCUT2D eigenvalue weighted by molar-refractivity contribution is 5.90. The normalized spacial score (nSPS) is 17.2. The Morgan fingerprint density at radius 3 is 2.58 bits per heavy atom. The fraction of sp³-hybridized carbons (Fsp3) is 0.344. The molecule has 8 nitrogen and oxygen atoms in total. The van der Waals surface area contributed by atoms with Gasteiger partial charge in [-0.05, 0) is 61.4 Å². The van der Waals surface area contributed by atoms with Gasteiger partial charge in [-0.25, -0.2) is 9.97 Å². The molecule has 1 saturated carbocycles. The summed E-state index contributed by atoms with van der Waals surface area (Å²) < 4.78 is 5.95. The summed E-state index contributed by atoms with van der Waals surface area (Å²) in [6.07, 6.45) is 8.56. The lowest BCUT2D eigenvalue weighted by Crippen LogP contribution is -2.31. The molecule has 1 aliphatic rings. The molecule has 5 aromatic rings. The van der Waals surface area contributed by atoms with E-state index < -0.39 is 0 Å². The van der Waals surface area contributed by atoms with Crippen LogP contribution in [0.1, 0.15) is 36.8 Å². The van der Waals surface area contributed by atoms with Crippen LogP contribution in [-0.2, 0) is 13.2 Å². The molecule has 0 atom stereocenters. The predicted molar refractivity (Wildman–Crippen MR) is 162 cm³/mol. The third-order valence-electron chi connectivity index (χ3n) is 7.79. The summed E-state index contributed by atoms with van der Waals surface area (Å²) in [7, 11) is 4.06. The van der Waals surface area contributed by atoms with Gasteiger partial charge in [-0.2, -0.15) is 4.98 Å². The number of hydrogen-bond acceptors (Lipinski definition) is 7. The van der Waals surface area contributed by atoms with Gasteiger partial charge in [-0.15, -0.1) is 0 Å². The summed E-state index contributed by atoms with van der Waals surface area (Å²) in [5.41, 5.74) is 4.38. The number of nitrogens with zero attached hydrogens (tertiary/aromatic N) is 4. The quantitative estimate of drug-likeness (QED) is 0.205. The van der Waals surface area contributed by atoms with Crippen LogP contribution in [0.25, 0.3) is 21.8 Å². The van der Waals surface area contributed by atoms with E-state index in [9.17, 15) is 0 Å². The zero-order chi connectivity index (χ0) is 27.3. The lowest BCUT2D eigenvalue weighted by molar-refractivity contribution is 0.294. The van der Waals surface area contributed by atoms with E-state index in [1.165, 1.54) is 18.4 Å². The van der Waals surface area contributed by atoms with Gasteiger partial charge in [-0.1, -0.05) is 42.5 Å². The van der Waals surface area contributed by atoms with Crippen molar-refractivity contribution in [3.05, 3.63) is 84.2 Å². The van der Waals surface area contributed by atoms with E-state index in [1.807, 2.05) is 56.7 Å². The Kier molecular flexibility index (Phi) is 7.77. The van der Waals surface area contributed by atoms with Gasteiger partial charge in [0.1, 0.15) is 12.4 Å². The van der Waals surface area contributed by atoms with E-state index in [2.05, 4.69) is 56.0 Å². The summed E-state index contributed by atoms with van der Waals surface area (Å²) in [5.74, 6) is 3.00. The Labute approximate surface area is 235 Å². The first kappa shape index (κ1) is 26.1. The van der Waals surface area contributed by atoms with E-state index in [-0.39, 0.29) is 0 Å². The van der Waals surface area contributed by atoms with Crippen LogP contribution in [-0.4, -0.2) is 46.6 Å². The van der Waals surface area contributed by atoms with E-state index in [4.69, 9.17) is 14.7 Å². The van der Waals surface area contributed by atoms with Crippen LogP contribution in [0.4, 0.5) is 11.8 Å². The number of hydrogen-bond donors (Lipinski definition) is 3. The predicted octanol–water partition coefficient (Wildman–Crippen LogP) is 5.91. The Morgan fingerprint density at radius 2 is 1.75 bits per heavy atom. The van der Waals surface area contributed by atoms with Gasteiger partial charge in [0.2, 0.25) is 11.8 Å². The molecule has 0 amide bonds. The molecule has 1 fully saturated rings. The van der Waals surface area contributed by atoms with Crippen molar-refractivity contribution >= 4 is 33.6 Å². The van der Waals surface area contributed by atoms with Crippen LogP contribution in [0.3, 0.4) is 0 Å². The minimum absolute atomic E-state index is 0.405. The molecule has 2 aromatic carbocycles. The number of fused-ring (bicyclic) bond motifs is 2. The van der Waals surface area contributed by atoms with Crippen molar-refractivity contribution in [2.45, 2.75) is 44.9 Å². The van der Waals surface area contributed by atoms with Crippen molar-refractivity contribution in [3.63, 3.8) is 0 Å². The molecule has 3 heterocycles. The Hall–Kier alpha value is -4.17. The first-order valence-corrected chi connectivity index (χ1v) is 14.2. The Balaban J connectivity index is 0.996. The topological polar surface area (TPSA) is 91.0 Å². The number of anilines is 2. The van der Waals surface area contributed by atoms with Gasteiger partial charge in [0, 0.05) is 49.7 Å². The average molecular weight is 536 g/mol. The van der Waals surface area contributed by atoms with Gasteiger partial charge < -0.3 is 25.3 Å². The van der Waals surface area contributed by atoms with Crippen LogP contribution in [0.5, 0.6) is 5.88 Å². The standard InChI is InChI=1S/C32H37N7O/c1-39(2)31-26-10-6-7-11-28(26)37-32(38-31)36-25-14-12-22(13-15-25)17-33-18-24-19-34-29-20-35-30(16-27(24)29)40-21-23-8-4-3-5-9-23/h3-11,16,19-20,22,25,33-34H,12-15,17-18,21H2,1-2H3,(H,36,37,38). The SMILES string of the molecule is CN(C)c1nc(NC2CCC(CNCc3c[nH]c4cnc(OCc5ccccc5)cc34)CC2)nc2ccccc12. The minimum Gasteiger partial charge on any atom is -0.473 e. The third-order valence-corrected chi connectivity index (χ3v) is 7.79. The van der Waals surface area contributed by atoms with Gasteiger partial charge in [0.05, 0.1) is 17.2 Å². The summed E-state index contributed by atoms with van der Waals surface area (Å²) in [5, 5.41) is 9.56. The zero-order valence-electron chi connectivity index (χ0n) is 23.2. The molecule has 3 N–H and O–H groups in total. The third kappa shape index (κ3) is 6.02. The fourth-order valence-corrected chi connectivity index (χ4v) is 5.59. The summed E-state index contributed by atoms with van der Waals surface area (Å²) >= 11 is 0. The maximum atomic E-state index is 5.95. The van der Waals surface area contributed by atoms with Crippen LogP contribution >= 0.6 is 0 Å². The summed E-state index contributed by atoms with van der Waals surface area (Å²) in [4.78, 5) is 19.5. The van der Waals surface area contributed by atoms with E-state index in [0.717, 1.165) is 65.1 Å². The lowest BCUT2D eigenvalue weighted by Gasteiger charge is -2.29. The van der Waals surface area contributed by atoms with E-state index in [0.29, 0.717) is 24.4 Å². The molecule has 40 heavy (non-hydrogen) atoms. The first-order chi connectivity index (χ1) is 19.6. The van der Waals surface area contributed by atoms with E-state index >= 15 is 0 Å². The van der Waals surface area contributed by atoms with Crippen molar-refractivity contribution in [1.82, 2.24) is 25.3 Å². The minimum atomic E-state index is 0.405. The van der Waals surface area contributed by atoms with Crippen molar-refractivity contribution in [3.8, 4) is 5.88 Å². The monoisotopic (exact) mass is 535 g/mol.